The summed E-state index contributed by atoms with van der Waals surface area (Å²) in [7, 11) is 1.73. The Labute approximate surface area is 91.4 Å². The fraction of sp³-hybridized carbons (Fsp3) is 0.909. The maximum Gasteiger partial charge on any atom is 0.223 e. The summed E-state index contributed by atoms with van der Waals surface area (Å²) in [5, 5.41) is 9.18. The summed E-state index contributed by atoms with van der Waals surface area (Å²) in [5.74, 6) is 0.0982. The number of carbonyl (C=O) groups excluding carboxylic acids is 1. The third kappa shape index (κ3) is 3.18. The third-order valence-corrected chi connectivity index (χ3v) is 3.34. The van der Waals surface area contributed by atoms with Crippen molar-refractivity contribution in [2.75, 3.05) is 20.1 Å². The number of hydrogen-bond donors (Lipinski definition) is 2. The van der Waals surface area contributed by atoms with Gasteiger partial charge in [0.15, 0.2) is 0 Å². The summed E-state index contributed by atoms with van der Waals surface area (Å²) in [6.45, 7) is 2.69. The highest BCUT2D eigenvalue weighted by Gasteiger charge is 2.38. The van der Waals surface area contributed by atoms with E-state index in [0.29, 0.717) is 19.5 Å². The van der Waals surface area contributed by atoms with Gasteiger partial charge in [0.2, 0.25) is 5.91 Å². The molecule has 0 saturated heterocycles. The third-order valence-electron chi connectivity index (χ3n) is 3.34. The molecular weight excluding hydrogens is 192 g/mol. The molecule has 0 bridgehead atoms. The van der Waals surface area contributed by atoms with E-state index in [4.69, 9.17) is 5.73 Å². The van der Waals surface area contributed by atoms with Crippen molar-refractivity contribution in [1.82, 2.24) is 4.90 Å². The minimum absolute atomic E-state index is 0.0596. The zero-order chi connectivity index (χ0) is 11.5. The van der Waals surface area contributed by atoms with Gasteiger partial charge in [0, 0.05) is 20.0 Å². The molecule has 3 N–H and O–H groups in total. The number of hydrogen-bond acceptors (Lipinski definition) is 3. The molecule has 0 aliphatic heterocycles. The average Bonchev–Trinajstić information content (AvgIpc) is 2.09. The fourth-order valence-electron chi connectivity index (χ4n) is 2.08. The van der Waals surface area contributed by atoms with Crippen LogP contribution in [0.1, 0.15) is 32.6 Å². The normalized spacial score (nSPS) is 20.5. The number of nitrogens with zero attached hydrogens (tertiary/aromatic N) is 1. The first-order valence-corrected chi connectivity index (χ1v) is 5.61. The van der Waals surface area contributed by atoms with Gasteiger partial charge in [-0.1, -0.05) is 6.42 Å². The van der Waals surface area contributed by atoms with Gasteiger partial charge in [-0.25, -0.2) is 0 Å². The molecule has 1 aliphatic rings. The molecule has 0 aromatic carbocycles. The minimum atomic E-state index is -0.464. The molecule has 1 fully saturated rings. The Balaban J connectivity index is 2.40. The predicted molar refractivity (Wildman–Crippen MR) is 59.3 cm³/mol. The zero-order valence-corrected chi connectivity index (χ0v) is 9.70. The van der Waals surface area contributed by atoms with Gasteiger partial charge in [-0.2, -0.15) is 0 Å². The molecule has 1 amide bonds. The summed E-state index contributed by atoms with van der Waals surface area (Å²) in [6, 6.07) is 0. The Kier molecular flexibility index (Phi) is 4.11. The topological polar surface area (TPSA) is 66.6 Å². The molecule has 0 aromatic heterocycles. The predicted octanol–water partition coefficient (Wildman–Crippen LogP) is 0.345. The van der Waals surface area contributed by atoms with Crippen LogP contribution in [0.15, 0.2) is 0 Å². The van der Waals surface area contributed by atoms with Crippen LogP contribution in [0.3, 0.4) is 0 Å². The molecular formula is C11H22N2O2. The van der Waals surface area contributed by atoms with Gasteiger partial charge < -0.3 is 15.7 Å². The monoisotopic (exact) mass is 214 g/mol. The molecule has 4 heteroatoms. The Bertz CT molecular complexity index is 219. The van der Waals surface area contributed by atoms with Crippen LogP contribution < -0.4 is 5.73 Å². The fourth-order valence-corrected chi connectivity index (χ4v) is 2.08. The molecule has 1 unspecified atom stereocenters. The highest BCUT2D eigenvalue weighted by atomic mass is 16.3. The summed E-state index contributed by atoms with van der Waals surface area (Å²) in [6.07, 6.45) is 3.39. The van der Waals surface area contributed by atoms with Crippen molar-refractivity contribution in [1.29, 1.82) is 0 Å². The number of carbonyl (C=O) groups is 1. The van der Waals surface area contributed by atoms with Crippen LogP contribution in [0.25, 0.3) is 0 Å². The van der Waals surface area contributed by atoms with Crippen LogP contribution in [0.5, 0.6) is 0 Å². The Hall–Kier alpha value is -0.610. The Morgan fingerprint density at radius 2 is 2.20 bits per heavy atom. The highest BCUT2D eigenvalue weighted by Crippen LogP contribution is 2.43. The number of likely N-dealkylation sites (N-methyl/N-ethyl adjacent to an activating group) is 1. The summed E-state index contributed by atoms with van der Waals surface area (Å²) >= 11 is 0. The van der Waals surface area contributed by atoms with Crippen LogP contribution in [-0.4, -0.2) is 42.2 Å². The van der Waals surface area contributed by atoms with E-state index in [1.165, 1.54) is 6.42 Å². The van der Waals surface area contributed by atoms with Crippen LogP contribution in [0.2, 0.25) is 0 Å². The lowest BCUT2D eigenvalue weighted by Gasteiger charge is -2.41. The van der Waals surface area contributed by atoms with Gasteiger partial charge in [-0.3, -0.25) is 4.79 Å². The van der Waals surface area contributed by atoms with E-state index in [9.17, 15) is 9.90 Å². The highest BCUT2D eigenvalue weighted by molar-refractivity contribution is 5.76. The van der Waals surface area contributed by atoms with Gasteiger partial charge >= 0.3 is 0 Å². The van der Waals surface area contributed by atoms with Gasteiger partial charge in [-0.15, -0.1) is 0 Å². The van der Waals surface area contributed by atoms with Crippen LogP contribution in [-0.2, 0) is 4.79 Å². The van der Waals surface area contributed by atoms with E-state index in [-0.39, 0.29) is 11.3 Å². The van der Waals surface area contributed by atoms with Crippen molar-refractivity contribution < 1.29 is 9.90 Å². The van der Waals surface area contributed by atoms with E-state index in [1.807, 2.05) is 0 Å². The molecule has 0 radical (unpaired) electrons. The van der Waals surface area contributed by atoms with Crippen molar-refractivity contribution >= 4 is 5.91 Å². The van der Waals surface area contributed by atoms with Crippen molar-refractivity contribution in [3.05, 3.63) is 0 Å². The SMILES string of the molecule is CC(O)CN(C)C(=O)CC1(CN)CCC1. The molecule has 1 atom stereocenters. The lowest BCUT2D eigenvalue weighted by atomic mass is 9.66. The molecule has 4 nitrogen and oxygen atoms in total. The van der Waals surface area contributed by atoms with Gasteiger partial charge in [0.25, 0.3) is 0 Å². The lowest BCUT2D eigenvalue weighted by Crippen LogP contribution is -2.43. The van der Waals surface area contributed by atoms with Crippen molar-refractivity contribution in [3.63, 3.8) is 0 Å². The van der Waals surface area contributed by atoms with E-state index in [1.54, 1.807) is 18.9 Å². The maximum atomic E-state index is 11.8. The zero-order valence-electron chi connectivity index (χ0n) is 9.70. The van der Waals surface area contributed by atoms with Gasteiger partial charge in [0.1, 0.15) is 0 Å². The van der Waals surface area contributed by atoms with Crippen molar-refractivity contribution in [3.8, 4) is 0 Å². The second-order valence-electron chi connectivity index (χ2n) is 4.86. The minimum Gasteiger partial charge on any atom is -0.392 e. The van der Waals surface area contributed by atoms with Crippen molar-refractivity contribution in [2.45, 2.75) is 38.7 Å². The smallest absolute Gasteiger partial charge is 0.223 e. The average molecular weight is 214 g/mol. The molecule has 0 heterocycles. The second kappa shape index (κ2) is 4.94. The summed E-state index contributed by atoms with van der Waals surface area (Å²) < 4.78 is 0. The van der Waals surface area contributed by atoms with Gasteiger partial charge in [-0.05, 0) is 31.7 Å². The van der Waals surface area contributed by atoms with Gasteiger partial charge in [0.05, 0.1) is 6.10 Å². The van der Waals surface area contributed by atoms with E-state index < -0.39 is 6.10 Å². The molecule has 88 valence electrons. The van der Waals surface area contributed by atoms with E-state index >= 15 is 0 Å². The summed E-state index contributed by atoms with van der Waals surface area (Å²) in [4.78, 5) is 13.4. The second-order valence-corrected chi connectivity index (χ2v) is 4.86. The first-order valence-electron chi connectivity index (χ1n) is 5.61. The Morgan fingerprint density at radius 1 is 1.60 bits per heavy atom. The molecule has 15 heavy (non-hydrogen) atoms. The quantitative estimate of drug-likeness (QED) is 0.693. The number of amides is 1. The summed E-state index contributed by atoms with van der Waals surface area (Å²) in [5.41, 5.74) is 5.76. The Morgan fingerprint density at radius 3 is 2.53 bits per heavy atom. The van der Waals surface area contributed by atoms with Crippen molar-refractivity contribution in [2.24, 2.45) is 11.1 Å². The molecule has 1 aliphatic carbocycles. The van der Waals surface area contributed by atoms with E-state index in [0.717, 1.165) is 12.8 Å². The first-order chi connectivity index (χ1) is 6.99. The van der Waals surface area contributed by atoms with Crippen LogP contribution in [0, 0.1) is 5.41 Å². The van der Waals surface area contributed by atoms with E-state index in [2.05, 4.69) is 0 Å². The number of rotatable bonds is 5. The molecule has 1 rings (SSSR count). The number of nitrogens with two attached hydrogens (primary N) is 1. The number of aliphatic hydroxyl groups is 1. The first kappa shape index (κ1) is 12.5. The lowest BCUT2D eigenvalue weighted by molar-refractivity contribution is -0.134. The standard InChI is InChI=1S/C11H22N2O2/c1-9(14)7-13(2)10(15)6-11(8-12)4-3-5-11/h9,14H,3-8,12H2,1-2H3. The largest absolute Gasteiger partial charge is 0.392 e. The van der Waals surface area contributed by atoms with Crippen LogP contribution >= 0.6 is 0 Å². The maximum absolute atomic E-state index is 11.8. The van der Waals surface area contributed by atoms with Crippen LogP contribution in [0.4, 0.5) is 0 Å². The number of aliphatic hydroxyl groups excluding tert-OH is 1. The molecule has 0 aromatic rings. The molecule has 1 saturated carbocycles. The molecule has 0 spiro atoms.